The van der Waals surface area contributed by atoms with Crippen LogP contribution in [0.4, 0.5) is 0 Å². The highest BCUT2D eigenvalue weighted by atomic mass is 127. The molecule has 0 heterocycles. The van der Waals surface area contributed by atoms with Gasteiger partial charge in [0, 0.05) is 18.0 Å². The molecule has 0 aromatic heterocycles. The first kappa shape index (κ1) is 17.3. The van der Waals surface area contributed by atoms with E-state index in [1.54, 1.807) is 0 Å². The first-order valence-corrected chi connectivity index (χ1v) is 8.77. The molecule has 114 valence electrons. The molecule has 0 aliphatic heterocycles. The number of amides is 1. The maximum Gasteiger partial charge on any atom is 0.247 e. The summed E-state index contributed by atoms with van der Waals surface area (Å²) in [6, 6.07) is 0.233. The zero-order valence-corrected chi connectivity index (χ0v) is 14.4. The standard InChI is InChI=1S/C15H24INO3/c1-3-5-12(6-4-2)17-15(19)11-7-8-14(20-10-16)13(18)9-11/h9,12,18H,3-8,10H2,1-2H3,(H,17,19). The van der Waals surface area contributed by atoms with Crippen molar-refractivity contribution in [2.24, 2.45) is 0 Å². The van der Waals surface area contributed by atoms with Crippen molar-refractivity contribution in [1.29, 1.82) is 0 Å². The molecule has 0 unspecified atom stereocenters. The van der Waals surface area contributed by atoms with Gasteiger partial charge < -0.3 is 15.2 Å². The van der Waals surface area contributed by atoms with Crippen molar-refractivity contribution in [2.45, 2.75) is 58.4 Å². The molecule has 4 nitrogen and oxygen atoms in total. The molecule has 1 aliphatic carbocycles. The zero-order chi connectivity index (χ0) is 15.0. The van der Waals surface area contributed by atoms with E-state index in [0.717, 1.165) is 25.7 Å². The summed E-state index contributed by atoms with van der Waals surface area (Å²) in [4.78, 5) is 12.2. The number of alkyl halides is 1. The Hall–Kier alpha value is -0.720. The number of nitrogens with one attached hydrogen (secondary N) is 1. The topological polar surface area (TPSA) is 58.6 Å². The van der Waals surface area contributed by atoms with Gasteiger partial charge in [0.25, 0.3) is 0 Å². The summed E-state index contributed by atoms with van der Waals surface area (Å²) in [6.07, 6.45) is 6.85. The summed E-state index contributed by atoms with van der Waals surface area (Å²) < 4.78 is 5.82. The molecule has 0 saturated heterocycles. The Morgan fingerprint density at radius 1 is 1.40 bits per heavy atom. The molecule has 5 heteroatoms. The fraction of sp³-hybridized carbons (Fsp3) is 0.667. The van der Waals surface area contributed by atoms with E-state index in [0.29, 0.717) is 28.8 Å². The van der Waals surface area contributed by atoms with Crippen LogP contribution >= 0.6 is 22.6 Å². The van der Waals surface area contributed by atoms with Gasteiger partial charge in [-0.15, -0.1) is 0 Å². The Labute approximate surface area is 134 Å². The lowest BCUT2D eigenvalue weighted by Gasteiger charge is -2.21. The molecule has 0 bridgehead atoms. The summed E-state index contributed by atoms with van der Waals surface area (Å²) in [5.41, 5.74) is 0.639. The average molecular weight is 393 g/mol. The molecule has 2 N–H and O–H groups in total. The van der Waals surface area contributed by atoms with Crippen LogP contribution < -0.4 is 5.32 Å². The Bertz CT molecular complexity index is 385. The summed E-state index contributed by atoms with van der Waals surface area (Å²) in [5.74, 6) is 0.604. The van der Waals surface area contributed by atoms with Crippen LogP contribution in [-0.4, -0.2) is 21.7 Å². The van der Waals surface area contributed by atoms with E-state index < -0.39 is 0 Å². The molecule has 1 rings (SSSR count). The largest absolute Gasteiger partial charge is 0.504 e. The number of aliphatic hydroxyl groups is 1. The van der Waals surface area contributed by atoms with Crippen molar-refractivity contribution in [3.05, 3.63) is 23.2 Å². The van der Waals surface area contributed by atoms with Crippen LogP contribution in [-0.2, 0) is 9.53 Å². The van der Waals surface area contributed by atoms with Gasteiger partial charge in [-0.3, -0.25) is 4.79 Å². The average Bonchev–Trinajstić information content (AvgIpc) is 2.41. The predicted octanol–water partition coefficient (Wildman–Crippen LogP) is 3.97. The van der Waals surface area contributed by atoms with E-state index in [9.17, 15) is 9.90 Å². The van der Waals surface area contributed by atoms with Crippen LogP contribution in [0.2, 0.25) is 0 Å². The van der Waals surface area contributed by atoms with Gasteiger partial charge in [-0.25, -0.2) is 0 Å². The van der Waals surface area contributed by atoms with Crippen LogP contribution in [0.3, 0.4) is 0 Å². The van der Waals surface area contributed by atoms with E-state index >= 15 is 0 Å². The number of rotatable bonds is 8. The summed E-state index contributed by atoms with van der Waals surface area (Å²) in [5, 5.41) is 12.9. The maximum atomic E-state index is 12.2. The predicted molar refractivity (Wildman–Crippen MR) is 88.7 cm³/mol. The Morgan fingerprint density at radius 2 is 2.05 bits per heavy atom. The first-order valence-electron chi connectivity index (χ1n) is 7.24. The summed E-state index contributed by atoms with van der Waals surface area (Å²) in [7, 11) is 0. The number of aliphatic hydroxyl groups excluding tert-OH is 1. The molecule has 0 atom stereocenters. The third kappa shape index (κ3) is 5.34. The van der Waals surface area contributed by atoms with E-state index in [4.69, 9.17) is 4.74 Å². The highest BCUT2D eigenvalue weighted by molar-refractivity contribution is 14.1. The van der Waals surface area contributed by atoms with Gasteiger partial charge in [-0.1, -0.05) is 26.7 Å². The second kappa shape index (κ2) is 9.26. The minimum atomic E-state index is -0.0584. The summed E-state index contributed by atoms with van der Waals surface area (Å²) >= 11 is 2.09. The van der Waals surface area contributed by atoms with Crippen molar-refractivity contribution < 1.29 is 14.6 Å². The van der Waals surface area contributed by atoms with Crippen LogP contribution in [0, 0.1) is 0 Å². The van der Waals surface area contributed by atoms with Crippen molar-refractivity contribution in [1.82, 2.24) is 5.32 Å². The Balaban J connectivity index is 2.66. The molecule has 0 aromatic carbocycles. The normalized spacial score (nSPS) is 15.3. The van der Waals surface area contributed by atoms with Crippen LogP contribution in [0.15, 0.2) is 23.2 Å². The van der Waals surface area contributed by atoms with Gasteiger partial charge in [0.15, 0.2) is 5.76 Å². The van der Waals surface area contributed by atoms with Crippen molar-refractivity contribution in [3.63, 3.8) is 0 Å². The first-order chi connectivity index (χ1) is 9.62. The van der Waals surface area contributed by atoms with Crippen LogP contribution in [0.25, 0.3) is 0 Å². The lowest BCUT2D eigenvalue weighted by Crippen LogP contribution is -2.36. The Morgan fingerprint density at radius 3 is 2.55 bits per heavy atom. The number of halogens is 1. The molecule has 0 aromatic rings. The molecular formula is C15H24INO3. The minimum absolute atomic E-state index is 0.0584. The molecule has 1 aliphatic rings. The second-order valence-electron chi connectivity index (χ2n) is 4.98. The Kier molecular flexibility index (Phi) is 8.02. The third-order valence-electron chi connectivity index (χ3n) is 3.35. The highest BCUT2D eigenvalue weighted by Crippen LogP contribution is 2.24. The van der Waals surface area contributed by atoms with Gasteiger partial charge >= 0.3 is 0 Å². The number of ether oxygens (including phenoxy) is 1. The minimum Gasteiger partial charge on any atom is -0.504 e. The van der Waals surface area contributed by atoms with Gasteiger partial charge in [0.1, 0.15) is 10.4 Å². The molecule has 20 heavy (non-hydrogen) atoms. The SMILES string of the molecule is CCCC(CCC)NC(=O)C1=CC(O)=C(OCI)CC1. The van der Waals surface area contributed by atoms with Crippen molar-refractivity contribution in [2.75, 3.05) is 4.61 Å². The van der Waals surface area contributed by atoms with Gasteiger partial charge in [-0.05, 0) is 47.9 Å². The molecule has 0 fully saturated rings. The van der Waals surface area contributed by atoms with E-state index in [-0.39, 0.29) is 17.7 Å². The number of carbonyl (C=O) groups excluding carboxylic acids is 1. The van der Waals surface area contributed by atoms with Crippen LogP contribution in [0.5, 0.6) is 0 Å². The maximum absolute atomic E-state index is 12.2. The smallest absolute Gasteiger partial charge is 0.247 e. The molecular weight excluding hydrogens is 369 g/mol. The molecule has 0 radical (unpaired) electrons. The van der Waals surface area contributed by atoms with Crippen LogP contribution in [0.1, 0.15) is 52.4 Å². The van der Waals surface area contributed by atoms with E-state index in [1.165, 1.54) is 6.08 Å². The van der Waals surface area contributed by atoms with E-state index in [1.807, 2.05) is 0 Å². The number of hydrogen-bond acceptors (Lipinski definition) is 3. The number of carbonyl (C=O) groups is 1. The fourth-order valence-corrected chi connectivity index (χ4v) is 2.72. The van der Waals surface area contributed by atoms with E-state index in [2.05, 4.69) is 41.8 Å². The van der Waals surface area contributed by atoms with Gasteiger partial charge in [-0.2, -0.15) is 0 Å². The fourth-order valence-electron chi connectivity index (χ4n) is 2.35. The van der Waals surface area contributed by atoms with Crippen molar-refractivity contribution >= 4 is 28.5 Å². The molecule has 0 saturated carbocycles. The summed E-state index contributed by atoms with van der Waals surface area (Å²) in [6.45, 7) is 4.24. The second-order valence-corrected chi connectivity index (χ2v) is 5.60. The molecule has 0 spiro atoms. The quantitative estimate of drug-likeness (QED) is 0.485. The molecule has 1 amide bonds. The lowest BCUT2D eigenvalue weighted by molar-refractivity contribution is -0.118. The monoisotopic (exact) mass is 393 g/mol. The number of hydrogen-bond donors (Lipinski definition) is 2. The third-order valence-corrected chi connectivity index (χ3v) is 3.66. The lowest BCUT2D eigenvalue weighted by atomic mass is 10.00. The van der Waals surface area contributed by atoms with Gasteiger partial charge in [0.05, 0.1) is 0 Å². The van der Waals surface area contributed by atoms with Gasteiger partial charge in [0.2, 0.25) is 5.91 Å². The zero-order valence-electron chi connectivity index (χ0n) is 12.2. The highest BCUT2D eigenvalue weighted by Gasteiger charge is 2.20. The van der Waals surface area contributed by atoms with Crippen molar-refractivity contribution in [3.8, 4) is 0 Å². The number of allylic oxidation sites excluding steroid dienone is 2.